The number of imidazole rings is 1. The van der Waals surface area contributed by atoms with Crippen molar-refractivity contribution >= 4 is 38.6 Å². The van der Waals surface area contributed by atoms with Crippen LogP contribution in [0.1, 0.15) is 17.1 Å². The Labute approximate surface area is 162 Å². The van der Waals surface area contributed by atoms with Crippen LogP contribution in [0.3, 0.4) is 0 Å². The van der Waals surface area contributed by atoms with Gasteiger partial charge in [-0.1, -0.05) is 34.1 Å². The third-order valence-electron chi connectivity index (χ3n) is 4.24. The minimum atomic E-state index is -0.217. The van der Waals surface area contributed by atoms with Crippen molar-refractivity contribution in [1.82, 2.24) is 19.7 Å². The molecule has 0 saturated carbocycles. The minimum absolute atomic E-state index is 0.217. The Morgan fingerprint density at radius 1 is 1.26 bits per heavy atom. The molecule has 0 aliphatic heterocycles. The first-order valence-electron chi connectivity index (χ1n) is 8.21. The van der Waals surface area contributed by atoms with Gasteiger partial charge in [0.1, 0.15) is 11.9 Å². The Kier molecular flexibility index (Phi) is 4.26. The van der Waals surface area contributed by atoms with Crippen LogP contribution >= 0.6 is 15.9 Å². The topological polar surface area (TPSA) is 90.3 Å². The predicted octanol–water partition coefficient (Wildman–Crippen LogP) is 4.18. The van der Waals surface area contributed by atoms with E-state index in [0.717, 1.165) is 21.2 Å². The Morgan fingerprint density at radius 2 is 2.04 bits per heavy atom. The van der Waals surface area contributed by atoms with E-state index in [0.29, 0.717) is 22.7 Å². The van der Waals surface area contributed by atoms with Gasteiger partial charge in [-0.2, -0.15) is 5.26 Å². The third kappa shape index (κ3) is 3.11. The summed E-state index contributed by atoms with van der Waals surface area (Å²) in [4.78, 5) is 20.4. The number of H-pyrrole nitrogens is 2. The summed E-state index contributed by atoms with van der Waals surface area (Å²) in [5.41, 5.74) is 3.48. The average Bonchev–Trinajstić information content (AvgIpc) is 3.21. The number of nitriles is 1. The van der Waals surface area contributed by atoms with E-state index < -0.39 is 0 Å². The number of rotatable bonds is 3. The van der Waals surface area contributed by atoms with E-state index in [1.54, 1.807) is 13.0 Å². The molecule has 0 unspecified atom stereocenters. The van der Waals surface area contributed by atoms with Gasteiger partial charge in [0.15, 0.2) is 0 Å². The van der Waals surface area contributed by atoms with Crippen molar-refractivity contribution in [3.8, 4) is 11.8 Å². The number of aromatic amines is 2. The quantitative estimate of drug-likeness (QED) is 0.488. The first-order chi connectivity index (χ1) is 13.1. The summed E-state index contributed by atoms with van der Waals surface area (Å²) in [7, 11) is 0. The third-order valence-corrected chi connectivity index (χ3v) is 4.73. The van der Waals surface area contributed by atoms with Gasteiger partial charge in [0.25, 0.3) is 5.56 Å². The lowest BCUT2D eigenvalue weighted by Crippen LogP contribution is -2.15. The van der Waals surface area contributed by atoms with Crippen LogP contribution in [-0.2, 0) is 0 Å². The average molecular weight is 420 g/mol. The molecule has 7 heteroatoms. The van der Waals surface area contributed by atoms with Crippen LogP contribution in [0.4, 0.5) is 0 Å². The number of para-hydroxylation sites is 1. The van der Waals surface area contributed by atoms with E-state index in [1.807, 2.05) is 48.5 Å². The number of nitrogens with zero attached hydrogens (tertiary/aromatic N) is 3. The van der Waals surface area contributed by atoms with Crippen molar-refractivity contribution in [2.24, 2.45) is 0 Å². The first kappa shape index (κ1) is 17.1. The van der Waals surface area contributed by atoms with Gasteiger partial charge in [-0.05, 0) is 43.3 Å². The van der Waals surface area contributed by atoms with Crippen LogP contribution in [0.15, 0.2) is 57.8 Å². The molecule has 132 valence electrons. The van der Waals surface area contributed by atoms with Crippen molar-refractivity contribution in [2.45, 2.75) is 6.92 Å². The molecule has 2 heterocycles. The summed E-state index contributed by atoms with van der Waals surface area (Å²) in [6.45, 7) is 1.80. The number of hydrogen-bond acceptors (Lipinski definition) is 3. The Balaban J connectivity index is 1.82. The molecule has 0 aliphatic carbocycles. The molecular weight excluding hydrogens is 406 g/mol. The molecule has 2 N–H and O–H groups in total. The summed E-state index contributed by atoms with van der Waals surface area (Å²) >= 11 is 3.42. The lowest BCUT2D eigenvalue weighted by atomic mass is 10.1. The number of fused-ring (bicyclic) bond motifs is 1. The van der Waals surface area contributed by atoms with Crippen LogP contribution < -0.4 is 5.56 Å². The molecule has 27 heavy (non-hydrogen) atoms. The zero-order chi connectivity index (χ0) is 19.0. The second-order valence-corrected chi connectivity index (χ2v) is 6.96. The number of halogens is 1. The molecule has 0 atom stereocenters. The lowest BCUT2D eigenvalue weighted by Gasteiger charge is -1.99. The van der Waals surface area contributed by atoms with Crippen molar-refractivity contribution in [1.29, 1.82) is 5.26 Å². The van der Waals surface area contributed by atoms with Crippen LogP contribution in [0.5, 0.6) is 0 Å². The summed E-state index contributed by atoms with van der Waals surface area (Å²) in [6.07, 6.45) is 1.57. The van der Waals surface area contributed by atoms with Crippen molar-refractivity contribution < 1.29 is 0 Å². The van der Waals surface area contributed by atoms with E-state index >= 15 is 0 Å². The van der Waals surface area contributed by atoms with E-state index in [9.17, 15) is 10.1 Å². The predicted molar refractivity (Wildman–Crippen MR) is 108 cm³/mol. The summed E-state index contributed by atoms with van der Waals surface area (Å²) in [5.74, 6) is 0.428. The zero-order valence-electron chi connectivity index (χ0n) is 14.3. The molecule has 2 aromatic heterocycles. The number of aryl methyl sites for hydroxylation is 1. The van der Waals surface area contributed by atoms with Gasteiger partial charge in [-0.3, -0.25) is 9.89 Å². The SMILES string of the molecule is Cc1[nH]n(-c2ccccc2)c(=O)c1/C=C(\C#N)c1nc2ccc(Br)cc2[nH]1. The van der Waals surface area contributed by atoms with E-state index in [-0.39, 0.29) is 5.56 Å². The number of nitrogens with one attached hydrogen (secondary N) is 2. The maximum Gasteiger partial charge on any atom is 0.278 e. The van der Waals surface area contributed by atoms with Crippen molar-refractivity contribution in [3.63, 3.8) is 0 Å². The van der Waals surface area contributed by atoms with Crippen LogP contribution in [0.2, 0.25) is 0 Å². The van der Waals surface area contributed by atoms with Gasteiger partial charge in [0.05, 0.1) is 27.9 Å². The van der Waals surface area contributed by atoms with Gasteiger partial charge in [-0.25, -0.2) is 9.67 Å². The summed E-state index contributed by atoms with van der Waals surface area (Å²) < 4.78 is 2.38. The van der Waals surface area contributed by atoms with E-state index in [2.05, 4.69) is 37.1 Å². The molecule has 0 amide bonds. The molecule has 6 nitrogen and oxygen atoms in total. The Bertz CT molecular complexity index is 1270. The maximum atomic E-state index is 12.8. The van der Waals surface area contributed by atoms with Gasteiger partial charge in [0.2, 0.25) is 0 Å². The molecule has 2 aromatic carbocycles. The molecule has 0 fully saturated rings. The molecular formula is C20H14BrN5O. The van der Waals surface area contributed by atoms with Crippen LogP contribution in [0, 0.1) is 18.3 Å². The maximum absolute atomic E-state index is 12.8. The smallest absolute Gasteiger partial charge is 0.278 e. The van der Waals surface area contributed by atoms with Gasteiger partial charge >= 0.3 is 0 Å². The monoisotopic (exact) mass is 419 g/mol. The number of hydrogen-bond donors (Lipinski definition) is 2. The highest BCUT2D eigenvalue weighted by Gasteiger charge is 2.14. The summed E-state index contributed by atoms with van der Waals surface area (Å²) in [6, 6.07) is 17.1. The van der Waals surface area contributed by atoms with Gasteiger partial charge in [0, 0.05) is 10.2 Å². The fourth-order valence-electron chi connectivity index (χ4n) is 2.90. The molecule has 0 spiro atoms. The highest BCUT2D eigenvalue weighted by Crippen LogP contribution is 2.22. The fraction of sp³-hybridized carbons (Fsp3) is 0.0500. The second-order valence-electron chi connectivity index (χ2n) is 6.04. The van der Waals surface area contributed by atoms with Gasteiger partial charge in [-0.15, -0.1) is 0 Å². The fourth-order valence-corrected chi connectivity index (χ4v) is 3.26. The Morgan fingerprint density at radius 3 is 2.78 bits per heavy atom. The van der Waals surface area contributed by atoms with Crippen LogP contribution in [0.25, 0.3) is 28.4 Å². The highest BCUT2D eigenvalue weighted by molar-refractivity contribution is 9.10. The number of allylic oxidation sites excluding steroid dienone is 1. The number of benzene rings is 2. The Hall–Kier alpha value is -3.37. The molecule has 0 saturated heterocycles. The summed E-state index contributed by atoms with van der Waals surface area (Å²) in [5, 5.41) is 12.7. The standard InChI is InChI=1S/C20H14BrN5O/c1-12-16(20(27)26(25-12)15-5-3-2-4-6-15)9-13(11-22)19-23-17-8-7-14(21)10-18(17)24-19/h2-10,25H,1H3,(H,23,24)/b13-9+. The second kappa shape index (κ2) is 6.74. The molecule has 0 bridgehead atoms. The van der Waals surface area contributed by atoms with Gasteiger partial charge < -0.3 is 4.98 Å². The lowest BCUT2D eigenvalue weighted by molar-refractivity contribution is 0.835. The van der Waals surface area contributed by atoms with Crippen molar-refractivity contribution in [3.05, 3.63) is 80.4 Å². The molecule has 4 aromatic rings. The highest BCUT2D eigenvalue weighted by atomic mass is 79.9. The largest absolute Gasteiger partial charge is 0.337 e. The number of aromatic nitrogens is 4. The molecule has 0 aliphatic rings. The zero-order valence-corrected chi connectivity index (χ0v) is 15.9. The minimum Gasteiger partial charge on any atom is -0.337 e. The van der Waals surface area contributed by atoms with Crippen molar-refractivity contribution in [2.75, 3.05) is 0 Å². The normalized spacial score (nSPS) is 11.7. The van der Waals surface area contributed by atoms with E-state index in [1.165, 1.54) is 4.68 Å². The molecule has 0 radical (unpaired) electrons. The molecule has 4 rings (SSSR count). The first-order valence-corrected chi connectivity index (χ1v) is 9.00. The van der Waals surface area contributed by atoms with Crippen LogP contribution in [-0.4, -0.2) is 19.7 Å². The van der Waals surface area contributed by atoms with E-state index in [4.69, 9.17) is 0 Å².